The highest BCUT2D eigenvalue weighted by molar-refractivity contribution is 7.91. The maximum atomic E-state index is 12.0. The maximum absolute atomic E-state index is 12.0. The summed E-state index contributed by atoms with van der Waals surface area (Å²) in [6.07, 6.45) is 0. The molecule has 0 amide bonds. The Kier molecular flexibility index (Phi) is 6.76. The van der Waals surface area contributed by atoms with Gasteiger partial charge in [-0.2, -0.15) is 5.10 Å². The predicted molar refractivity (Wildman–Crippen MR) is 107 cm³/mol. The third-order valence-electron chi connectivity index (χ3n) is 3.53. The van der Waals surface area contributed by atoms with Gasteiger partial charge >= 0.3 is 5.97 Å². The second-order valence-corrected chi connectivity index (χ2v) is 8.58. The van der Waals surface area contributed by atoms with Gasteiger partial charge in [0, 0.05) is 6.07 Å². The molecule has 2 aromatic carbocycles. The molecule has 0 fully saturated rings. The third kappa shape index (κ3) is 5.06. The van der Waals surface area contributed by atoms with Gasteiger partial charge in [0.25, 0.3) is 0 Å². The van der Waals surface area contributed by atoms with Gasteiger partial charge in [-0.3, -0.25) is 5.43 Å². The van der Waals surface area contributed by atoms with E-state index in [-0.39, 0.29) is 37.9 Å². The van der Waals surface area contributed by atoms with Gasteiger partial charge in [0.1, 0.15) is 22.1 Å². The Labute approximate surface area is 171 Å². The second kappa shape index (κ2) is 8.68. The molecule has 0 atom stereocenters. The number of anilines is 1. The number of hydrazone groups is 1. The molecule has 0 saturated heterocycles. The predicted octanol–water partition coefficient (Wildman–Crippen LogP) is 4.16. The molecule has 3 N–H and O–H groups in total. The van der Waals surface area contributed by atoms with Crippen molar-refractivity contribution < 1.29 is 28.2 Å². The van der Waals surface area contributed by atoms with Gasteiger partial charge in [0.15, 0.2) is 15.6 Å². The third-order valence-corrected chi connectivity index (χ3v) is 5.85. The molecular weight excluding hydrogens is 431 g/mol. The van der Waals surface area contributed by atoms with Gasteiger partial charge in [-0.15, -0.1) is 0 Å². The van der Waals surface area contributed by atoms with Crippen LogP contribution in [0.3, 0.4) is 0 Å². The number of hydrogen-bond donors (Lipinski definition) is 3. The molecular formula is C17H16Cl2N2O6S. The van der Waals surface area contributed by atoms with Crippen molar-refractivity contribution in [1.82, 2.24) is 0 Å². The fraction of sp³-hybridized carbons (Fsp3) is 0.176. The van der Waals surface area contributed by atoms with E-state index in [1.165, 1.54) is 44.2 Å². The minimum Gasteiger partial charge on any atom is -0.507 e. The number of aromatic hydroxyl groups is 1. The van der Waals surface area contributed by atoms with Crippen molar-refractivity contribution in [2.45, 2.75) is 18.7 Å². The molecule has 0 spiro atoms. The summed E-state index contributed by atoms with van der Waals surface area (Å²) in [4.78, 5) is 10.5. The quantitative estimate of drug-likeness (QED) is 0.430. The van der Waals surface area contributed by atoms with Gasteiger partial charge in [-0.25, -0.2) is 13.2 Å². The molecule has 0 bridgehead atoms. The highest BCUT2D eigenvalue weighted by Crippen LogP contribution is 2.40. The smallest absolute Gasteiger partial charge is 0.351 e. The number of nitrogens with one attached hydrogen (secondary N) is 1. The summed E-state index contributed by atoms with van der Waals surface area (Å²) >= 11 is 12.3. The number of hydrogen-bond acceptors (Lipinski definition) is 7. The van der Waals surface area contributed by atoms with Crippen LogP contribution in [-0.4, -0.2) is 36.1 Å². The summed E-state index contributed by atoms with van der Waals surface area (Å²) in [6.45, 7) is 2.76. The molecule has 150 valence electrons. The molecule has 0 aliphatic heterocycles. The van der Waals surface area contributed by atoms with Gasteiger partial charge in [0.2, 0.25) is 0 Å². The lowest BCUT2D eigenvalue weighted by Crippen LogP contribution is -2.10. The largest absolute Gasteiger partial charge is 0.507 e. The average molecular weight is 447 g/mol. The van der Waals surface area contributed by atoms with E-state index >= 15 is 0 Å². The zero-order chi connectivity index (χ0) is 21.1. The number of rotatable bonds is 7. The van der Waals surface area contributed by atoms with Crippen LogP contribution in [0.25, 0.3) is 0 Å². The highest BCUT2D eigenvalue weighted by atomic mass is 35.5. The van der Waals surface area contributed by atoms with E-state index in [1.807, 2.05) is 0 Å². The number of carboxylic acids is 1. The normalized spacial score (nSPS) is 11.9. The van der Waals surface area contributed by atoms with Crippen LogP contribution in [0.5, 0.6) is 17.2 Å². The Balaban J connectivity index is 2.34. The number of aliphatic carboxylic acids is 1. The molecule has 28 heavy (non-hydrogen) atoms. The Hall–Kier alpha value is -2.49. The zero-order valence-corrected chi connectivity index (χ0v) is 17.1. The highest BCUT2D eigenvalue weighted by Gasteiger charge is 2.19. The molecule has 2 aromatic rings. The zero-order valence-electron chi connectivity index (χ0n) is 14.7. The number of carbonyl (C=O) groups is 1. The molecule has 0 radical (unpaired) electrons. The van der Waals surface area contributed by atoms with Crippen LogP contribution < -0.4 is 10.2 Å². The molecule has 0 aliphatic rings. The van der Waals surface area contributed by atoms with Crippen LogP contribution in [0.1, 0.15) is 13.8 Å². The lowest BCUT2D eigenvalue weighted by molar-refractivity contribution is -0.129. The van der Waals surface area contributed by atoms with Gasteiger partial charge in [0.05, 0.1) is 21.5 Å². The molecule has 0 heterocycles. The van der Waals surface area contributed by atoms with Crippen molar-refractivity contribution in [2.75, 3.05) is 11.2 Å². The molecule has 2 rings (SSSR count). The number of nitrogens with zero attached hydrogens (tertiary/aromatic N) is 1. The number of benzene rings is 2. The lowest BCUT2D eigenvalue weighted by Gasteiger charge is -2.13. The van der Waals surface area contributed by atoms with E-state index in [0.717, 1.165) is 0 Å². The maximum Gasteiger partial charge on any atom is 0.351 e. The van der Waals surface area contributed by atoms with Crippen LogP contribution >= 0.6 is 23.2 Å². The van der Waals surface area contributed by atoms with Crippen molar-refractivity contribution in [3.63, 3.8) is 0 Å². The number of halogens is 2. The monoisotopic (exact) mass is 446 g/mol. The summed E-state index contributed by atoms with van der Waals surface area (Å²) in [7, 11) is -3.66. The fourth-order valence-electron chi connectivity index (χ4n) is 2.00. The van der Waals surface area contributed by atoms with Crippen LogP contribution in [-0.2, 0) is 14.6 Å². The standard InChI is InChI=1S/C17H16Cl2N2O6S/c1-3-28(25,26)15-8-11(4-5-14(15)22)27-16-12(18)6-10(7-13(16)19)21-20-9(2)17(23)24/h4-8,21-22H,3H2,1-2H3,(H,23,24)/b20-9-. The van der Waals surface area contributed by atoms with Crippen molar-refractivity contribution in [3.05, 3.63) is 40.4 Å². The summed E-state index contributed by atoms with van der Waals surface area (Å²) in [5.74, 6) is -1.61. The Bertz CT molecular complexity index is 1030. The molecule has 0 saturated carbocycles. The number of sulfone groups is 1. The minimum atomic E-state index is -3.66. The van der Waals surface area contributed by atoms with Crippen molar-refractivity contribution in [1.29, 1.82) is 0 Å². The van der Waals surface area contributed by atoms with Crippen molar-refractivity contribution in [3.8, 4) is 17.2 Å². The number of ether oxygens (including phenoxy) is 1. The average Bonchev–Trinajstić information content (AvgIpc) is 2.63. The summed E-state index contributed by atoms with van der Waals surface area (Å²) in [5.41, 5.74) is 2.67. The van der Waals surface area contributed by atoms with E-state index in [4.69, 9.17) is 33.0 Å². The van der Waals surface area contributed by atoms with Crippen LogP contribution in [0, 0.1) is 0 Å². The van der Waals surface area contributed by atoms with E-state index in [2.05, 4.69) is 10.5 Å². The first-order valence-corrected chi connectivity index (χ1v) is 10.2. The SMILES string of the molecule is CCS(=O)(=O)c1cc(Oc2c(Cl)cc(N/N=C(/C)C(=O)O)cc2Cl)ccc1O. The summed E-state index contributed by atoms with van der Waals surface area (Å²) < 4.78 is 29.7. The topological polar surface area (TPSA) is 125 Å². The summed E-state index contributed by atoms with van der Waals surface area (Å²) in [5, 5.41) is 22.4. The van der Waals surface area contributed by atoms with Crippen molar-refractivity contribution in [2.24, 2.45) is 5.10 Å². The minimum absolute atomic E-state index is 0.0540. The lowest BCUT2D eigenvalue weighted by atomic mass is 10.3. The number of carboxylic acid groups (broad SMARTS) is 1. The first-order chi connectivity index (χ1) is 13.0. The van der Waals surface area contributed by atoms with Gasteiger partial charge in [-0.05, 0) is 31.2 Å². The fourth-order valence-corrected chi connectivity index (χ4v) is 3.56. The van der Waals surface area contributed by atoms with Gasteiger partial charge < -0.3 is 14.9 Å². The Morgan fingerprint density at radius 1 is 1.21 bits per heavy atom. The van der Waals surface area contributed by atoms with E-state index in [9.17, 15) is 18.3 Å². The Morgan fingerprint density at radius 2 is 1.82 bits per heavy atom. The van der Waals surface area contributed by atoms with E-state index < -0.39 is 21.6 Å². The number of phenols is 1. The first-order valence-electron chi connectivity index (χ1n) is 7.81. The molecule has 0 aliphatic carbocycles. The van der Waals surface area contributed by atoms with Crippen LogP contribution in [0.2, 0.25) is 10.0 Å². The molecule has 0 unspecified atom stereocenters. The number of phenolic OH excluding ortho intramolecular Hbond substituents is 1. The van der Waals surface area contributed by atoms with Crippen LogP contribution in [0.15, 0.2) is 40.3 Å². The van der Waals surface area contributed by atoms with E-state index in [1.54, 1.807) is 0 Å². The second-order valence-electron chi connectivity index (χ2n) is 5.52. The Morgan fingerprint density at radius 3 is 2.36 bits per heavy atom. The molecule has 0 aromatic heterocycles. The molecule has 8 nitrogen and oxygen atoms in total. The summed E-state index contributed by atoms with van der Waals surface area (Å²) in [6, 6.07) is 6.55. The van der Waals surface area contributed by atoms with Gasteiger partial charge in [-0.1, -0.05) is 30.1 Å². The first kappa shape index (κ1) is 21.8. The van der Waals surface area contributed by atoms with Crippen molar-refractivity contribution >= 4 is 50.4 Å². The van der Waals surface area contributed by atoms with E-state index in [0.29, 0.717) is 5.69 Å². The van der Waals surface area contributed by atoms with Crippen LogP contribution in [0.4, 0.5) is 5.69 Å². The molecule has 11 heteroatoms.